The van der Waals surface area contributed by atoms with Gasteiger partial charge in [-0.3, -0.25) is 9.48 Å². The molecule has 20 heavy (non-hydrogen) atoms. The first-order valence-corrected chi connectivity index (χ1v) is 7.12. The zero-order valence-corrected chi connectivity index (χ0v) is 12.4. The van der Waals surface area contributed by atoms with Crippen LogP contribution in [0.4, 0.5) is 5.69 Å². The third-order valence-corrected chi connectivity index (χ3v) is 4.17. The van der Waals surface area contributed by atoms with Crippen LogP contribution in [0.5, 0.6) is 0 Å². The molecular weight excluding hydrogens is 276 g/mol. The average Bonchev–Trinajstić information content (AvgIpc) is 3.05. The zero-order chi connectivity index (χ0) is 14.6. The predicted octanol–water partition coefficient (Wildman–Crippen LogP) is 1.31. The van der Waals surface area contributed by atoms with E-state index in [1.54, 1.807) is 24.2 Å². The summed E-state index contributed by atoms with van der Waals surface area (Å²) in [6.07, 6.45) is 6.82. The Bertz CT molecular complexity index is 494. The summed E-state index contributed by atoms with van der Waals surface area (Å²) < 4.78 is 6.71. The number of methoxy groups -OCH3 is 1. The number of ether oxygens (including phenoxy) is 1. The van der Waals surface area contributed by atoms with Crippen molar-refractivity contribution in [1.82, 2.24) is 9.78 Å². The molecule has 0 aliphatic heterocycles. The molecule has 0 radical (unpaired) electrons. The standard InChI is InChI=1S/C13H20N4O2S/c1-19-7-6-17-9-10(8-15-17)16-12(18)13(11(14)20)4-2-3-5-13/h8-9H,2-7H2,1H3,(H2,14,20)(H,16,18). The van der Waals surface area contributed by atoms with Gasteiger partial charge >= 0.3 is 0 Å². The molecule has 7 heteroatoms. The number of amides is 1. The van der Waals surface area contributed by atoms with E-state index in [4.69, 9.17) is 22.7 Å². The zero-order valence-electron chi connectivity index (χ0n) is 11.6. The highest BCUT2D eigenvalue weighted by Crippen LogP contribution is 2.39. The highest BCUT2D eigenvalue weighted by Gasteiger charge is 2.44. The number of rotatable bonds is 6. The van der Waals surface area contributed by atoms with Crippen molar-refractivity contribution >= 4 is 28.8 Å². The number of hydrogen-bond donors (Lipinski definition) is 2. The Morgan fingerprint density at radius 2 is 2.30 bits per heavy atom. The molecule has 1 aliphatic carbocycles. The number of nitrogens with one attached hydrogen (secondary N) is 1. The van der Waals surface area contributed by atoms with Gasteiger partial charge in [0.15, 0.2) is 0 Å². The summed E-state index contributed by atoms with van der Waals surface area (Å²) >= 11 is 5.10. The lowest BCUT2D eigenvalue weighted by molar-refractivity contribution is -0.122. The smallest absolute Gasteiger partial charge is 0.237 e. The summed E-state index contributed by atoms with van der Waals surface area (Å²) in [7, 11) is 1.64. The normalized spacial score (nSPS) is 17.1. The topological polar surface area (TPSA) is 82.2 Å². The van der Waals surface area contributed by atoms with E-state index in [1.807, 2.05) is 0 Å². The maximum atomic E-state index is 12.5. The minimum atomic E-state index is -0.691. The lowest BCUT2D eigenvalue weighted by atomic mass is 9.85. The van der Waals surface area contributed by atoms with Crippen molar-refractivity contribution in [3.8, 4) is 0 Å². The van der Waals surface area contributed by atoms with Crippen molar-refractivity contribution in [2.24, 2.45) is 11.1 Å². The summed E-state index contributed by atoms with van der Waals surface area (Å²) in [4.78, 5) is 12.8. The van der Waals surface area contributed by atoms with Gasteiger partial charge in [0, 0.05) is 13.3 Å². The molecular formula is C13H20N4O2S. The Morgan fingerprint density at radius 1 is 1.60 bits per heavy atom. The minimum Gasteiger partial charge on any atom is -0.392 e. The molecule has 0 unspecified atom stereocenters. The molecule has 0 spiro atoms. The maximum absolute atomic E-state index is 12.5. The summed E-state index contributed by atoms with van der Waals surface area (Å²) in [5, 5.41) is 7.03. The molecule has 0 saturated heterocycles. The van der Waals surface area contributed by atoms with E-state index in [-0.39, 0.29) is 5.91 Å². The Morgan fingerprint density at radius 3 is 2.90 bits per heavy atom. The van der Waals surface area contributed by atoms with Crippen LogP contribution < -0.4 is 11.1 Å². The van der Waals surface area contributed by atoms with E-state index in [1.165, 1.54) is 0 Å². The van der Waals surface area contributed by atoms with Gasteiger partial charge in [0.1, 0.15) is 0 Å². The van der Waals surface area contributed by atoms with E-state index in [0.717, 1.165) is 25.7 Å². The van der Waals surface area contributed by atoms with Gasteiger partial charge in [0.25, 0.3) is 0 Å². The minimum absolute atomic E-state index is 0.117. The van der Waals surface area contributed by atoms with E-state index in [9.17, 15) is 4.79 Å². The third kappa shape index (κ3) is 2.99. The van der Waals surface area contributed by atoms with E-state index < -0.39 is 5.41 Å². The lowest BCUT2D eigenvalue weighted by Gasteiger charge is -2.25. The first-order chi connectivity index (χ1) is 9.58. The number of nitrogens with two attached hydrogens (primary N) is 1. The van der Waals surface area contributed by atoms with Gasteiger partial charge in [-0.25, -0.2) is 0 Å². The number of hydrogen-bond acceptors (Lipinski definition) is 4. The van der Waals surface area contributed by atoms with Crippen LogP contribution in [0.25, 0.3) is 0 Å². The van der Waals surface area contributed by atoms with Gasteiger partial charge in [-0.1, -0.05) is 25.1 Å². The molecule has 6 nitrogen and oxygen atoms in total. The number of thiocarbonyl (C=S) groups is 1. The predicted molar refractivity (Wildman–Crippen MR) is 80.4 cm³/mol. The Hall–Kier alpha value is -1.47. The summed E-state index contributed by atoms with van der Waals surface area (Å²) in [5.74, 6) is -0.117. The van der Waals surface area contributed by atoms with Crippen LogP contribution in [-0.2, 0) is 16.1 Å². The maximum Gasteiger partial charge on any atom is 0.237 e. The van der Waals surface area contributed by atoms with Crippen LogP contribution in [0.3, 0.4) is 0 Å². The molecule has 3 N–H and O–H groups in total. The van der Waals surface area contributed by atoms with Crippen LogP contribution in [0.15, 0.2) is 12.4 Å². The fourth-order valence-electron chi connectivity index (χ4n) is 2.55. The summed E-state index contributed by atoms with van der Waals surface area (Å²) in [6.45, 7) is 1.22. The number of carbonyl (C=O) groups is 1. The molecule has 1 aromatic heterocycles. The number of anilines is 1. The van der Waals surface area contributed by atoms with Crippen molar-refractivity contribution in [3.63, 3.8) is 0 Å². The Balaban J connectivity index is 2.03. The van der Waals surface area contributed by atoms with Crippen LogP contribution in [0.1, 0.15) is 25.7 Å². The molecule has 2 rings (SSSR count). The Labute approximate surface area is 123 Å². The van der Waals surface area contributed by atoms with E-state index in [0.29, 0.717) is 23.8 Å². The molecule has 1 saturated carbocycles. The highest BCUT2D eigenvalue weighted by molar-refractivity contribution is 7.80. The van der Waals surface area contributed by atoms with Gasteiger partial charge in [-0.15, -0.1) is 0 Å². The second-order valence-electron chi connectivity index (χ2n) is 5.09. The monoisotopic (exact) mass is 296 g/mol. The van der Waals surface area contributed by atoms with Crippen molar-refractivity contribution < 1.29 is 9.53 Å². The van der Waals surface area contributed by atoms with Gasteiger partial charge < -0.3 is 15.8 Å². The van der Waals surface area contributed by atoms with Gasteiger partial charge in [-0.05, 0) is 12.8 Å². The van der Waals surface area contributed by atoms with Crippen molar-refractivity contribution in [2.75, 3.05) is 19.0 Å². The van der Waals surface area contributed by atoms with Crippen LogP contribution >= 0.6 is 12.2 Å². The van der Waals surface area contributed by atoms with Crippen LogP contribution in [0.2, 0.25) is 0 Å². The first-order valence-electron chi connectivity index (χ1n) is 6.71. The number of nitrogens with zero attached hydrogens (tertiary/aromatic N) is 2. The first kappa shape index (κ1) is 14.9. The van der Waals surface area contributed by atoms with Crippen LogP contribution in [0, 0.1) is 5.41 Å². The molecule has 110 valence electrons. The molecule has 1 aliphatic rings. The summed E-state index contributed by atoms with van der Waals surface area (Å²) in [6, 6.07) is 0. The second-order valence-corrected chi connectivity index (χ2v) is 5.53. The molecule has 1 aromatic rings. The average molecular weight is 296 g/mol. The second kappa shape index (κ2) is 6.32. The van der Waals surface area contributed by atoms with E-state index in [2.05, 4.69) is 10.4 Å². The van der Waals surface area contributed by atoms with Gasteiger partial charge in [0.05, 0.1) is 35.4 Å². The van der Waals surface area contributed by atoms with Crippen molar-refractivity contribution in [3.05, 3.63) is 12.4 Å². The number of carbonyl (C=O) groups excluding carboxylic acids is 1. The largest absolute Gasteiger partial charge is 0.392 e. The lowest BCUT2D eigenvalue weighted by Crippen LogP contribution is -2.43. The summed E-state index contributed by atoms with van der Waals surface area (Å²) in [5.41, 5.74) is 5.76. The van der Waals surface area contributed by atoms with E-state index >= 15 is 0 Å². The highest BCUT2D eigenvalue weighted by atomic mass is 32.1. The molecule has 0 aromatic carbocycles. The molecule has 1 amide bonds. The van der Waals surface area contributed by atoms with Crippen molar-refractivity contribution in [1.29, 1.82) is 0 Å². The number of aromatic nitrogens is 2. The van der Waals surface area contributed by atoms with Crippen LogP contribution in [-0.4, -0.2) is 34.4 Å². The fourth-order valence-corrected chi connectivity index (χ4v) is 2.85. The fraction of sp³-hybridized carbons (Fsp3) is 0.615. The molecule has 1 fully saturated rings. The molecule has 0 atom stereocenters. The van der Waals surface area contributed by atoms with Crippen molar-refractivity contribution in [2.45, 2.75) is 32.2 Å². The van der Waals surface area contributed by atoms with Gasteiger partial charge in [0.2, 0.25) is 5.91 Å². The quantitative estimate of drug-likeness (QED) is 0.774. The molecule has 1 heterocycles. The van der Waals surface area contributed by atoms with Gasteiger partial charge in [-0.2, -0.15) is 5.10 Å². The molecule has 0 bridgehead atoms. The SMILES string of the molecule is COCCn1cc(NC(=O)C2(C(N)=S)CCCC2)cn1. The Kier molecular flexibility index (Phi) is 4.72. The third-order valence-electron chi connectivity index (χ3n) is 3.78.